The summed E-state index contributed by atoms with van der Waals surface area (Å²) in [5.41, 5.74) is 1.30. The van der Waals surface area contributed by atoms with Gasteiger partial charge in [-0.25, -0.2) is 21.6 Å². The van der Waals surface area contributed by atoms with E-state index in [9.17, 15) is 41.9 Å². The van der Waals surface area contributed by atoms with E-state index in [0.717, 1.165) is 0 Å². The molecule has 184 valence electrons. The fourth-order valence-electron chi connectivity index (χ4n) is 3.73. The predicted molar refractivity (Wildman–Crippen MR) is 123 cm³/mol. The van der Waals surface area contributed by atoms with Crippen LogP contribution < -0.4 is 10.6 Å². The van der Waals surface area contributed by atoms with Crippen molar-refractivity contribution in [1.29, 1.82) is 0 Å². The normalized spacial score (nSPS) is 11.6. The predicted octanol–water partition coefficient (Wildman–Crippen LogP) is 2.58. The lowest BCUT2D eigenvalue weighted by molar-refractivity contribution is -0.458. The number of carbonyl (C=O) groups excluding carboxylic acids is 1. The molecular weight excluding hydrogens is 492 g/mol. The van der Waals surface area contributed by atoms with Crippen LogP contribution in [-0.4, -0.2) is 44.5 Å². The van der Waals surface area contributed by atoms with Crippen molar-refractivity contribution in [3.05, 3.63) is 66.7 Å². The van der Waals surface area contributed by atoms with Gasteiger partial charge in [0.1, 0.15) is 0 Å². The Hall–Kier alpha value is -3.59. The van der Waals surface area contributed by atoms with Gasteiger partial charge in [-0.2, -0.15) is 0 Å². The van der Waals surface area contributed by atoms with Crippen molar-refractivity contribution in [1.82, 2.24) is 0 Å². The molecule has 0 heterocycles. The molecule has 0 aliphatic rings. The van der Waals surface area contributed by atoms with Gasteiger partial charge in [0, 0.05) is 21.2 Å². The lowest BCUT2D eigenvalue weighted by atomic mass is 10.1. The number of hydrogen-bond donors (Lipinski definition) is 2. The van der Waals surface area contributed by atoms with Crippen molar-refractivity contribution in [3.63, 3.8) is 0 Å². The first-order chi connectivity index (χ1) is 15.5. The van der Waals surface area contributed by atoms with Crippen molar-refractivity contribution in [3.8, 4) is 0 Å². The fourth-order valence-corrected chi connectivity index (χ4v) is 6.74. The lowest BCUT2D eigenvalue weighted by Gasteiger charge is -2.14. The van der Waals surface area contributed by atoms with Gasteiger partial charge in [0.2, 0.25) is 19.7 Å². The maximum Gasteiger partial charge on any atom is 0.323 e. The first-order valence-electron chi connectivity index (χ1n) is 9.53. The Labute approximate surface area is 195 Å². The number of urea groups is 1. The summed E-state index contributed by atoms with van der Waals surface area (Å²) in [4.78, 5) is 31.5. The monoisotopic (exact) mass is 514 g/mol. The number of nitro groups is 2. The molecule has 0 radical (unpaired) electrons. The summed E-state index contributed by atoms with van der Waals surface area (Å²) in [6, 6.07) is 4.68. The summed E-state index contributed by atoms with van der Waals surface area (Å²) in [6.45, 7) is 5.78. The van der Waals surface area contributed by atoms with E-state index < -0.39 is 47.3 Å². The molecule has 0 bridgehead atoms. The van der Waals surface area contributed by atoms with Gasteiger partial charge in [-0.1, -0.05) is 0 Å². The van der Waals surface area contributed by atoms with E-state index >= 15 is 0 Å². The molecule has 0 spiro atoms. The molecule has 2 N–H and O–H groups in total. The highest BCUT2D eigenvalue weighted by Gasteiger charge is 2.27. The van der Waals surface area contributed by atoms with Crippen molar-refractivity contribution in [2.75, 3.05) is 22.4 Å². The van der Waals surface area contributed by atoms with Gasteiger partial charge < -0.3 is 10.6 Å². The Kier molecular flexibility index (Phi) is 7.62. The quantitative estimate of drug-likeness (QED) is 0.393. The van der Waals surface area contributed by atoms with Gasteiger partial charge in [-0.05, 0) is 74.2 Å². The molecule has 2 amide bonds. The van der Waals surface area contributed by atoms with Gasteiger partial charge in [0.25, 0.3) is 0 Å². The van der Waals surface area contributed by atoms with E-state index in [1.165, 1.54) is 52.0 Å². The molecule has 2 aromatic rings. The molecule has 0 unspecified atom stereocenters. The molecule has 0 saturated carbocycles. The topological polar surface area (TPSA) is 196 Å². The average molecular weight is 515 g/mol. The number of nitrogens with one attached hydrogen (secondary N) is 2. The summed E-state index contributed by atoms with van der Waals surface area (Å²) in [6.07, 6.45) is 0. The van der Waals surface area contributed by atoms with Crippen molar-refractivity contribution >= 4 is 37.1 Å². The first-order valence-corrected chi connectivity index (χ1v) is 12.8. The Bertz CT molecular complexity index is 1250. The third-order valence-electron chi connectivity index (χ3n) is 4.61. The number of amides is 2. The highest BCUT2D eigenvalue weighted by atomic mass is 32.2. The lowest BCUT2D eigenvalue weighted by Crippen LogP contribution is -2.21. The second kappa shape index (κ2) is 9.72. The van der Waals surface area contributed by atoms with Crippen LogP contribution in [0.1, 0.15) is 22.3 Å². The number of sulfone groups is 2. The zero-order valence-electron chi connectivity index (χ0n) is 18.6. The summed E-state index contributed by atoms with van der Waals surface area (Å²) in [7, 11) is -8.33. The standard InChI is InChI=1S/C19H22N4O9S2/c1-11-5-15(6-12(2)17(11)33(29,30)9-22(25)26)20-19(24)21-16-7-13(3)18(14(4)8-16)34(31,32)10-23(27)28/h5-8H,9-10H2,1-4H3,(H2,20,21,24). The Balaban J connectivity index is 2.27. The van der Waals surface area contributed by atoms with Gasteiger partial charge >= 0.3 is 17.8 Å². The van der Waals surface area contributed by atoms with Crippen molar-refractivity contribution in [2.45, 2.75) is 37.5 Å². The summed E-state index contributed by atoms with van der Waals surface area (Å²) in [5.74, 6) is -2.51. The van der Waals surface area contributed by atoms with Crippen LogP contribution in [0.3, 0.4) is 0 Å². The number of anilines is 2. The maximum atomic E-state index is 12.4. The van der Waals surface area contributed by atoms with E-state index in [2.05, 4.69) is 10.6 Å². The number of benzene rings is 2. The fraction of sp³-hybridized carbons (Fsp3) is 0.316. The van der Waals surface area contributed by atoms with Crippen LogP contribution in [0.25, 0.3) is 0 Å². The molecule has 0 fully saturated rings. The van der Waals surface area contributed by atoms with Crippen LogP contribution in [0.4, 0.5) is 16.2 Å². The second-order valence-electron chi connectivity index (χ2n) is 7.61. The zero-order valence-corrected chi connectivity index (χ0v) is 20.2. The Morgan fingerprint density at radius 2 is 0.971 bits per heavy atom. The second-order valence-corrected chi connectivity index (χ2v) is 11.4. The highest BCUT2D eigenvalue weighted by Crippen LogP contribution is 2.27. The van der Waals surface area contributed by atoms with Crippen LogP contribution in [0, 0.1) is 47.9 Å². The minimum Gasteiger partial charge on any atom is -0.308 e. The minimum absolute atomic E-state index is 0.187. The van der Waals surface area contributed by atoms with Crippen LogP contribution in [-0.2, 0) is 19.7 Å². The molecule has 2 rings (SSSR count). The minimum atomic E-state index is -4.17. The summed E-state index contributed by atoms with van der Waals surface area (Å²) in [5, 5.41) is 26.4. The van der Waals surface area contributed by atoms with Gasteiger partial charge in [-0.15, -0.1) is 0 Å². The van der Waals surface area contributed by atoms with Crippen LogP contribution >= 0.6 is 0 Å². The van der Waals surface area contributed by atoms with Crippen molar-refractivity contribution in [2.24, 2.45) is 0 Å². The molecule has 0 aromatic heterocycles. The van der Waals surface area contributed by atoms with E-state index in [-0.39, 0.29) is 43.4 Å². The molecule has 0 aliphatic carbocycles. The molecule has 0 aliphatic heterocycles. The maximum absolute atomic E-state index is 12.4. The molecule has 2 aromatic carbocycles. The van der Waals surface area contributed by atoms with Crippen LogP contribution in [0.15, 0.2) is 34.1 Å². The number of hydrogen-bond acceptors (Lipinski definition) is 9. The molecular formula is C19H22N4O9S2. The van der Waals surface area contributed by atoms with Gasteiger partial charge in [0.05, 0.1) is 9.79 Å². The van der Waals surface area contributed by atoms with Crippen LogP contribution in [0.5, 0.6) is 0 Å². The number of rotatable bonds is 8. The number of nitrogens with zero attached hydrogens (tertiary/aromatic N) is 2. The first kappa shape index (κ1) is 26.7. The highest BCUT2D eigenvalue weighted by molar-refractivity contribution is 7.91. The smallest absolute Gasteiger partial charge is 0.308 e. The van der Waals surface area contributed by atoms with Crippen molar-refractivity contribution < 1.29 is 31.5 Å². The summed E-state index contributed by atoms with van der Waals surface area (Å²) < 4.78 is 49.0. The van der Waals surface area contributed by atoms with Crippen LogP contribution in [0.2, 0.25) is 0 Å². The van der Waals surface area contributed by atoms with E-state index in [0.29, 0.717) is 0 Å². The molecule has 13 nitrogen and oxygen atoms in total. The average Bonchev–Trinajstić information content (AvgIpc) is 2.56. The molecule has 15 heteroatoms. The molecule has 0 atom stereocenters. The number of aryl methyl sites for hydroxylation is 4. The van der Waals surface area contributed by atoms with E-state index in [1.54, 1.807) is 0 Å². The molecule has 0 saturated heterocycles. The van der Waals surface area contributed by atoms with Gasteiger partial charge in [-0.3, -0.25) is 20.2 Å². The number of carbonyl (C=O) groups is 1. The Morgan fingerprint density at radius 3 is 1.21 bits per heavy atom. The van der Waals surface area contributed by atoms with Gasteiger partial charge in [0.15, 0.2) is 0 Å². The third kappa shape index (κ3) is 6.26. The summed E-state index contributed by atoms with van der Waals surface area (Å²) >= 11 is 0. The van der Waals surface area contributed by atoms with E-state index in [1.807, 2.05) is 0 Å². The van der Waals surface area contributed by atoms with E-state index in [4.69, 9.17) is 0 Å². The third-order valence-corrected chi connectivity index (χ3v) is 8.24. The SMILES string of the molecule is Cc1cc(NC(=O)Nc2cc(C)c(S(=O)(=O)C[N+](=O)[O-])c(C)c2)cc(C)c1S(=O)(=O)C[N+](=O)[O-]. The molecule has 34 heavy (non-hydrogen) atoms. The zero-order chi connectivity index (χ0) is 26.0. The largest absolute Gasteiger partial charge is 0.323 e. The Morgan fingerprint density at radius 1 is 0.706 bits per heavy atom.